The molecule has 3 nitrogen and oxygen atoms in total. The van der Waals surface area contributed by atoms with Crippen molar-refractivity contribution in [2.75, 3.05) is 0 Å². The van der Waals surface area contributed by atoms with Crippen LogP contribution in [0.1, 0.15) is 19.3 Å². The van der Waals surface area contributed by atoms with Gasteiger partial charge in [0.1, 0.15) is 0 Å². The molecule has 1 N–H and O–H groups in total. The molecule has 0 aromatic carbocycles. The third kappa shape index (κ3) is 1.69. The van der Waals surface area contributed by atoms with E-state index in [1.807, 2.05) is 0 Å². The van der Waals surface area contributed by atoms with E-state index in [-0.39, 0.29) is 12.2 Å². The maximum absolute atomic E-state index is 10.6. The number of allylic oxidation sites excluding steroid dienone is 1. The van der Waals surface area contributed by atoms with Gasteiger partial charge >= 0.3 is 5.97 Å². The predicted molar refractivity (Wildman–Crippen MR) is 34.6 cm³/mol. The molecule has 1 aliphatic rings. The quantitative estimate of drug-likeness (QED) is 0.615. The molecule has 1 rings (SSSR count). The molecule has 0 amide bonds. The molecule has 0 aromatic heterocycles. The number of rotatable bonds is 2. The zero-order chi connectivity index (χ0) is 7.56. The van der Waals surface area contributed by atoms with E-state index in [2.05, 4.69) is 0 Å². The molecule has 10 heavy (non-hydrogen) atoms. The van der Waals surface area contributed by atoms with Crippen molar-refractivity contribution in [1.29, 1.82) is 0 Å². The lowest BCUT2D eigenvalue weighted by molar-refractivity contribution is -0.136. The zero-order valence-corrected chi connectivity index (χ0v) is 5.46. The Kier molecular flexibility index (Phi) is 1.85. The number of carboxylic acid groups (broad SMARTS) is 1. The highest BCUT2D eigenvalue weighted by molar-refractivity contribution is 5.93. The van der Waals surface area contributed by atoms with Crippen LogP contribution in [0.15, 0.2) is 11.6 Å². The molecule has 0 aromatic rings. The standard InChI is InChI=1S/C7H8O3/c8-6-2-1-5(3-6)4-7(9)10/h3H,1-2,4H2,(H,9,10). The third-order valence-electron chi connectivity index (χ3n) is 1.44. The molecule has 0 radical (unpaired) electrons. The number of carbonyl (C=O) groups is 2. The highest BCUT2D eigenvalue weighted by Crippen LogP contribution is 2.17. The molecule has 0 spiro atoms. The van der Waals surface area contributed by atoms with Crippen molar-refractivity contribution in [2.24, 2.45) is 0 Å². The van der Waals surface area contributed by atoms with Crippen molar-refractivity contribution in [2.45, 2.75) is 19.3 Å². The van der Waals surface area contributed by atoms with Crippen molar-refractivity contribution >= 4 is 11.8 Å². The van der Waals surface area contributed by atoms with Crippen LogP contribution >= 0.6 is 0 Å². The van der Waals surface area contributed by atoms with E-state index in [0.717, 1.165) is 5.57 Å². The molecular weight excluding hydrogens is 132 g/mol. The van der Waals surface area contributed by atoms with Gasteiger partial charge in [-0.1, -0.05) is 5.57 Å². The lowest BCUT2D eigenvalue weighted by Gasteiger charge is -1.91. The monoisotopic (exact) mass is 140 g/mol. The van der Waals surface area contributed by atoms with Gasteiger partial charge in [0.15, 0.2) is 5.78 Å². The van der Waals surface area contributed by atoms with Crippen LogP contribution in [-0.4, -0.2) is 16.9 Å². The van der Waals surface area contributed by atoms with Gasteiger partial charge in [0.05, 0.1) is 6.42 Å². The van der Waals surface area contributed by atoms with Crippen LogP contribution in [0.5, 0.6) is 0 Å². The number of carbonyl (C=O) groups excluding carboxylic acids is 1. The van der Waals surface area contributed by atoms with Gasteiger partial charge in [-0.05, 0) is 12.5 Å². The van der Waals surface area contributed by atoms with E-state index in [4.69, 9.17) is 5.11 Å². The van der Waals surface area contributed by atoms with E-state index >= 15 is 0 Å². The SMILES string of the molecule is O=C(O)CC1=CC(=O)CC1. The number of ketones is 1. The van der Waals surface area contributed by atoms with Gasteiger partial charge in [0.25, 0.3) is 0 Å². The molecular formula is C7H8O3. The summed E-state index contributed by atoms with van der Waals surface area (Å²) in [4.78, 5) is 20.7. The van der Waals surface area contributed by atoms with Crippen molar-refractivity contribution < 1.29 is 14.7 Å². The van der Waals surface area contributed by atoms with Gasteiger partial charge in [-0.15, -0.1) is 0 Å². The van der Waals surface area contributed by atoms with E-state index in [0.29, 0.717) is 12.8 Å². The van der Waals surface area contributed by atoms with E-state index < -0.39 is 5.97 Å². The summed E-state index contributed by atoms with van der Waals surface area (Å²) in [6.45, 7) is 0. The third-order valence-corrected chi connectivity index (χ3v) is 1.44. The highest BCUT2D eigenvalue weighted by Gasteiger charge is 2.13. The molecule has 54 valence electrons. The summed E-state index contributed by atoms with van der Waals surface area (Å²) in [6.07, 6.45) is 2.58. The van der Waals surface area contributed by atoms with Crippen LogP contribution in [-0.2, 0) is 9.59 Å². The maximum atomic E-state index is 10.6. The summed E-state index contributed by atoms with van der Waals surface area (Å²) in [5, 5.41) is 8.31. The molecule has 0 atom stereocenters. The molecule has 1 aliphatic carbocycles. The second-order valence-corrected chi connectivity index (χ2v) is 2.34. The van der Waals surface area contributed by atoms with Crippen LogP contribution in [0.2, 0.25) is 0 Å². The Labute approximate surface area is 58.4 Å². The van der Waals surface area contributed by atoms with E-state index in [1.54, 1.807) is 0 Å². The first-order valence-corrected chi connectivity index (χ1v) is 3.12. The Morgan fingerprint density at radius 1 is 1.60 bits per heavy atom. The number of hydrogen-bond acceptors (Lipinski definition) is 2. The summed E-state index contributed by atoms with van der Waals surface area (Å²) in [5.41, 5.74) is 0.748. The fourth-order valence-corrected chi connectivity index (χ4v) is 0.989. The summed E-state index contributed by atoms with van der Waals surface area (Å²) < 4.78 is 0. The molecule has 0 heterocycles. The minimum Gasteiger partial charge on any atom is -0.481 e. The summed E-state index contributed by atoms with van der Waals surface area (Å²) in [7, 11) is 0. The molecule has 0 saturated carbocycles. The average Bonchev–Trinajstić information content (AvgIpc) is 2.13. The normalized spacial score (nSPS) is 17.2. The second-order valence-electron chi connectivity index (χ2n) is 2.34. The average molecular weight is 140 g/mol. The van der Waals surface area contributed by atoms with Crippen molar-refractivity contribution in [3.8, 4) is 0 Å². The smallest absolute Gasteiger partial charge is 0.307 e. The molecule has 0 bridgehead atoms. The minimum atomic E-state index is -0.860. The Bertz CT molecular complexity index is 203. The van der Waals surface area contributed by atoms with E-state index in [9.17, 15) is 9.59 Å². The zero-order valence-electron chi connectivity index (χ0n) is 5.46. The number of aliphatic carboxylic acids is 1. The Balaban J connectivity index is 2.50. The van der Waals surface area contributed by atoms with Crippen LogP contribution in [0.3, 0.4) is 0 Å². The fourth-order valence-electron chi connectivity index (χ4n) is 0.989. The van der Waals surface area contributed by atoms with Crippen molar-refractivity contribution in [1.82, 2.24) is 0 Å². The van der Waals surface area contributed by atoms with Crippen molar-refractivity contribution in [3.63, 3.8) is 0 Å². The second kappa shape index (κ2) is 2.64. The first-order chi connectivity index (χ1) is 4.68. The number of carboxylic acids is 1. The van der Waals surface area contributed by atoms with Gasteiger partial charge < -0.3 is 5.11 Å². The molecule has 0 saturated heterocycles. The highest BCUT2D eigenvalue weighted by atomic mass is 16.4. The Morgan fingerprint density at radius 2 is 2.30 bits per heavy atom. The lowest BCUT2D eigenvalue weighted by Crippen LogP contribution is -1.94. The van der Waals surface area contributed by atoms with Gasteiger partial charge in [-0.2, -0.15) is 0 Å². The van der Waals surface area contributed by atoms with Gasteiger partial charge in [-0.3, -0.25) is 9.59 Å². The maximum Gasteiger partial charge on any atom is 0.307 e. The predicted octanol–water partition coefficient (Wildman–Crippen LogP) is 0.750. The lowest BCUT2D eigenvalue weighted by atomic mass is 10.2. The Morgan fingerprint density at radius 3 is 2.70 bits per heavy atom. The van der Waals surface area contributed by atoms with Gasteiger partial charge in [0.2, 0.25) is 0 Å². The van der Waals surface area contributed by atoms with Crippen LogP contribution in [0, 0.1) is 0 Å². The minimum absolute atomic E-state index is 0.0196. The summed E-state index contributed by atoms with van der Waals surface area (Å²) in [5.74, 6) is -0.808. The van der Waals surface area contributed by atoms with Gasteiger partial charge in [0, 0.05) is 6.42 Å². The molecule has 0 aliphatic heterocycles. The fraction of sp³-hybridized carbons (Fsp3) is 0.429. The molecule has 0 fully saturated rings. The summed E-state index contributed by atoms with van der Waals surface area (Å²) in [6, 6.07) is 0. The topological polar surface area (TPSA) is 54.4 Å². The van der Waals surface area contributed by atoms with Gasteiger partial charge in [-0.25, -0.2) is 0 Å². The molecule has 0 unspecified atom stereocenters. The van der Waals surface area contributed by atoms with Crippen molar-refractivity contribution in [3.05, 3.63) is 11.6 Å². The largest absolute Gasteiger partial charge is 0.481 e. The van der Waals surface area contributed by atoms with E-state index in [1.165, 1.54) is 6.08 Å². The summed E-state index contributed by atoms with van der Waals surface area (Å²) >= 11 is 0. The Hall–Kier alpha value is -1.12. The first-order valence-electron chi connectivity index (χ1n) is 3.12. The van der Waals surface area contributed by atoms with Crippen LogP contribution in [0.25, 0.3) is 0 Å². The number of hydrogen-bond donors (Lipinski definition) is 1. The molecule has 3 heteroatoms. The van der Waals surface area contributed by atoms with Crippen LogP contribution in [0.4, 0.5) is 0 Å². The van der Waals surface area contributed by atoms with Crippen LogP contribution < -0.4 is 0 Å². The first kappa shape index (κ1) is 6.99.